The average Bonchev–Trinajstić information content (AvgIpc) is 2.90. The number of hydrogen-bond acceptors (Lipinski definition) is 4. The lowest BCUT2D eigenvalue weighted by atomic mass is 10.2. The van der Waals surface area contributed by atoms with E-state index in [-0.39, 0.29) is 0 Å². The number of benzene rings is 4. The van der Waals surface area contributed by atoms with Crippen LogP contribution in [0.3, 0.4) is 0 Å². The van der Waals surface area contributed by atoms with Crippen LogP contribution in [-0.4, -0.2) is 14.2 Å². The molecule has 4 aromatic carbocycles. The highest BCUT2D eigenvalue weighted by molar-refractivity contribution is 14.1. The second kappa shape index (κ2) is 15.9. The Kier molecular flexibility index (Phi) is 12.5. The number of rotatable bonds is 10. The molecule has 0 heterocycles. The highest BCUT2D eigenvalue weighted by Gasteiger charge is 1.98. The Labute approximate surface area is 241 Å². The van der Waals surface area contributed by atoms with Gasteiger partial charge in [-0.05, 0) is 116 Å². The fourth-order valence-corrected chi connectivity index (χ4v) is 4.49. The maximum atomic E-state index is 5.69. The number of halogens is 2. The Morgan fingerprint density at radius 3 is 1.17 bits per heavy atom. The van der Waals surface area contributed by atoms with Gasteiger partial charge in [-0.15, -0.1) is 0 Å². The van der Waals surface area contributed by atoms with Gasteiger partial charge in [-0.3, -0.25) is 0 Å². The van der Waals surface area contributed by atoms with Crippen molar-refractivity contribution in [2.24, 2.45) is 0 Å². The van der Waals surface area contributed by atoms with Crippen molar-refractivity contribution in [1.82, 2.24) is 0 Å². The Hall–Kier alpha value is -2.14. The molecule has 0 N–H and O–H groups in total. The van der Waals surface area contributed by atoms with Crippen LogP contribution < -0.4 is 9.47 Å². The Balaban J connectivity index is 0.000000201. The van der Waals surface area contributed by atoms with E-state index in [0.717, 1.165) is 22.6 Å². The van der Waals surface area contributed by atoms with Crippen LogP contribution >= 0.6 is 45.2 Å². The average molecular weight is 708 g/mol. The van der Waals surface area contributed by atoms with E-state index in [1.807, 2.05) is 60.7 Å². The molecule has 0 fully saturated rings. The minimum absolute atomic E-state index is 0.621. The van der Waals surface area contributed by atoms with Crippen molar-refractivity contribution in [2.45, 2.75) is 26.4 Å². The zero-order chi connectivity index (χ0) is 25.6. The van der Waals surface area contributed by atoms with Crippen LogP contribution in [0.4, 0.5) is 0 Å². The number of hydrogen-bond donors (Lipinski definition) is 0. The molecule has 0 amide bonds. The van der Waals surface area contributed by atoms with Crippen molar-refractivity contribution in [3.8, 4) is 11.5 Å². The predicted octanol–water partition coefficient (Wildman–Crippen LogP) is 8.03. The van der Waals surface area contributed by atoms with Gasteiger partial charge in [0.25, 0.3) is 0 Å². The van der Waals surface area contributed by atoms with Gasteiger partial charge in [-0.25, -0.2) is 0 Å². The highest BCUT2D eigenvalue weighted by atomic mass is 127. The molecule has 36 heavy (non-hydrogen) atoms. The van der Waals surface area contributed by atoms with E-state index in [0.29, 0.717) is 26.4 Å². The van der Waals surface area contributed by atoms with Crippen LogP contribution in [0.2, 0.25) is 0 Å². The highest BCUT2D eigenvalue weighted by Crippen LogP contribution is 2.15. The first kappa shape index (κ1) is 28.4. The van der Waals surface area contributed by atoms with Gasteiger partial charge >= 0.3 is 0 Å². The zero-order valence-electron chi connectivity index (χ0n) is 20.5. The second-order valence-corrected chi connectivity index (χ2v) is 10.4. The predicted molar refractivity (Wildman–Crippen MR) is 161 cm³/mol. The van der Waals surface area contributed by atoms with Crippen LogP contribution in [0.15, 0.2) is 97.1 Å². The van der Waals surface area contributed by atoms with E-state index in [4.69, 9.17) is 18.9 Å². The molecule has 4 rings (SSSR count). The summed E-state index contributed by atoms with van der Waals surface area (Å²) in [4.78, 5) is 0. The molecule has 4 aromatic rings. The molecule has 0 saturated carbocycles. The number of methoxy groups -OCH3 is 2. The summed E-state index contributed by atoms with van der Waals surface area (Å²) in [6, 6.07) is 32.6. The van der Waals surface area contributed by atoms with E-state index in [1.54, 1.807) is 14.2 Å². The van der Waals surface area contributed by atoms with Gasteiger partial charge in [0.2, 0.25) is 0 Å². The van der Waals surface area contributed by atoms with Crippen LogP contribution in [0.5, 0.6) is 11.5 Å². The Morgan fingerprint density at radius 1 is 0.472 bits per heavy atom. The topological polar surface area (TPSA) is 36.9 Å². The quantitative estimate of drug-likeness (QED) is 0.157. The molecule has 0 spiro atoms. The van der Waals surface area contributed by atoms with Gasteiger partial charge in [-0.1, -0.05) is 48.5 Å². The molecule has 0 aliphatic heterocycles. The molecule has 0 radical (unpaired) electrons. The van der Waals surface area contributed by atoms with Crippen molar-refractivity contribution in [3.05, 3.63) is 126 Å². The normalized spacial score (nSPS) is 10.3. The zero-order valence-corrected chi connectivity index (χ0v) is 24.8. The standard InChI is InChI=1S/2C15H15IO2/c2*1-17-15-7-5-12(6-8-15)10-18-11-13-3-2-4-14(16)9-13/h2*2-9H,10-11H2,1H3. The lowest BCUT2D eigenvalue weighted by Crippen LogP contribution is -1.94. The van der Waals surface area contributed by atoms with Crippen molar-refractivity contribution in [2.75, 3.05) is 14.2 Å². The summed E-state index contributed by atoms with van der Waals surface area (Å²) in [7, 11) is 3.34. The summed E-state index contributed by atoms with van der Waals surface area (Å²) in [5, 5.41) is 0. The van der Waals surface area contributed by atoms with E-state index in [1.165, 1.54) is 18.3 Å². The van der Waals surface area contributed by atoms with Crippen molar-refractivity contribution in [3.63, 3.8) is 0 Å². The molecule has 0 aliphatic carbocycles. The minimum Gasteiger partial charge on any atom is -0.497 e. The fraction of sp³-hybridized carbons (Fsp3) is 0.200. The molecular weight excluding hydrogens is 678 g/mol. The summed E-state index contributed by atoms with van der Waals surface area (Å²) in [6.45, 7) is 2.52. The monoisotopic (exact) mass is 708 g/mol. The van der Waals surface area contributed by atoms with Crippen LogP contribution in [0.25, 0.3) is 0 Å². The van der Waals surface area contributed by atoms with Crippen molar-refractivity contribution < 1.29 is 18.9 Å². The fourth-order valence-electron chi connectivity index (χ4n) is 3.27. The molecule has 4 nitrogen and oxygen atoms in total. The molecular formula is C30H30I2O4. The van der Waals surface area contributed by atoms with Gasteiger partial charge < -0.3 is 18.9 Å². The van der Waals surface area contributed by atoms with Gasteiger partial charge in [0.15, 0.2) is 0 Å². The van der Waals surface area contributed by atoms with E-state index in [2.05, 4.69) is 81.6 Å². The SMILES string of the molecule is COc1ccc(COCc2cccc(I)c2)cc1.COc1ccc(COCc2cccc(I)c2)cc1. The van der Waals surface area contributed by atoms with Gasteiger partial charge in [-0.2, -0.15) is 0 Å². The number of ether oxygens (including phenoxy) is 4. The van der Waals surface area contributed by atoms with E-state index in [9.17, 15) is 0 Å². The first-order valence-electron chi connectivity index (χ1n) is 11.5. The largest absolute Gasteiger partial charge is 0.497 e. The van der Waals surface area contributed by atoms with Crippen LogP contribution in [0.1, 0.15) is 22.3 Å². The molecule has 0 aromatic heterocycles. The lowest BCUT2D eigenvalue weighted by molar-refractivity contribution is 0.107. The first-order chi connectivity index (χ1) is 17.6. The molecule has 6 heteroatoms. The molecule has 0 atom stereocenters. The third-order valence-corrected chi connectivity index (χ3v) is 6.51. The van der Waals surface area contributed by atoms with Crippen LogP contribution in [-0.2, 0) is 35.9 Å². The summed E-state index contributed by atoms with van der Waals surface area (Å²) in [5.74, 6) is 1.74. The summed E-state index contributed by atoms with van der Waals surface area (Å²) in [6.07, 6.45) is 0. The van der Waals surface area contributed by atoms with E-state index >= 15 is 0 Å². The molecule has 0 bridgehead atoms. The molecule has 0 saturated heterocycles. The third-order valence-electron chi connectivity index (χ3n) is 5.17. The molecule has 0 unspecified atom stereocenters. The van der Waals surface area contributed by atoms with Gasteiger partial charge in [0.1, 0.15) is 11.5 Å². The maximum Gasteiger partial charge on any atom is 0.118 e. The Morgan fingerprint density at radius 2 is 0.833 bits per heavy atom. The van der Waals surface area contributed by atoms with Gasteiger partial charge in [0, 0.05) is 7.14 Å². The lowest BCUT2D eigenvalue weighted by Gasteiger charge is -2.06. The Bertz CT molecular complexity index is 1080. The molecule has 0 aliphatic rings. The van der Waals surface area contributed by atoms with Crippen molar-refractivity contribution in [1.29, 1.82) is 0 Å². The summed E-state index contributed by atoms with van der Waals surface area (Å²) in [5.41, 5.74) is 4.72. The van der Waals surface area contributed by atoms with E-state index < -0.39 is 0 Å². The molecule has 188 valence electrons. The summed E-state index contributed by atoms with van der Waals surface area (Å²) >= 11 is 4.61. The second-order valence-electron chi connectivity index (χ2n) is 7.94. The third kappa shape index (κ3) is 10.5. The maximum absolute atomic E-state index is 5.69. The van der Waals surface area contributed by atoms with Gasteiger partial charge in [0.05, 0.1) is 40.6 Å². The van der Waals surface area contributed by atoms with Crippen molar-refractivity contribution >= 4 is 45.2 Å². The first-order valence-corrected chi connectivity index (χ1v) is 13.6. The minimum atomic E-state index is 0.621. The summed E-state index contributed by atoms with van der Waals surface area (Å²) < 4.78 is 24.1. The smallest absolute Gasteiger partial charge is 0.118 e. The van der Waals surface area contributed by atoms with Crippen LogP contribution in [0, 0.1) is 7.14 Å².